The van der Waals surface area contributed by atoms with E-state index in [1.54, 1.807) is 12.1 Å². The minimum atomic E-state index is -1.13. The molecule has 0 radical (unpaired) electrons. The topological polar surface area (TPSA) is 69.2 Å². The fourth-order valence-corrected chi connectivity index (χ4v) is 3.69. The van der Waals surface area contributed by atoms with Crippen LogP contribution in [0, 0.1) is 23.7 Å². The Morgan fingerprint density at radius 3 is 2.55 bits per heavy atom. The number of carboxylic acid groups (broad SMARTS) is 1. The number of fused-ring (bicyclic) bond motifs is 2. The maximum absolute atomic E-state index is 12.4. The molecule has 1 fully saturated rings. The van der Waals surface area contributed by atoms with Crippen molar-refractivity contribution in [1.82, 2.24) is 0 Å². The van der Waals surface area contributed by atoms with E-state index in [-0.39, 0.29) is 17.7 Å². The number of aliphatic carboxylic acids is 1. The molecular weight excluding hydrogens is 322 g/mol. The van der Waals surface area contributed by atoms with Crippen molar-refractivity contribution in [2.24, 2.45) is 23.7 Å². The zero-order chi connectivity index (χ0) is 14.3. The summed E-state index contributed by atoms with van der Waals surface area (Å²) in [7, 11) is 0. The highest BCUT2D eigenvalue weighted by Gasteiger charge is 2.48. The summed E-state index contributed by atoms with van der Waals surface area (Å²) in [6, 6.07) is 7.24. The number of hydrogen-bond donors (Lipinski definition) is 1. The molecule has 1 aromatic carbocycles. The van der Waals surface area contributed by atoms with Crippen LogP contribution in [0.2, 0.25) is 0 Å². The molecule has 2 bridgehead atoms. The Bertz CT molecular complexity index is 599. The van der Waals surface area contributed by atoms with E-state index in [0.717, 1.165) is 10.9 Å². The van der Waals surface area contributed by atoms with E-state index in [0.29, 0.717) is 5.69 Å². The fourth-order valence-electron chi connectivity index (χ4n) is 3.29. The Kier molecular flexibility index (Phi) is 3.38. The third-order valence-electron chi connectivity index (χ3n) is 4.13. The highest BCUT2D eigenvalue weighted by atomic mass is 79.9. The Morgan fingerprint density at radius 1 is 1.20 bits per heavy atom. The lowest BCUT2D eigenvalue weighted by Crippen LogP contribution is -2.42. The van der Waals surface area contributed by atoms with Crippen LogP contribution < -0.4 is 10.4 Å². The Hall–Kier alpha value is -1.62. The molecule has 0 unspecified atom stereocenters. The predicted octanol–water partition coefficient (Wildman–Crippen LogP) is 1.58. The van der Waals surface area contributed by atoms with Gasteiger partial charge in [-0.25, -0.2) is 0 Å². The molecule has 0 aromatic heterocycles. The van der Waals surface area contributed by atoms with Crippen molar-refractivity contribution in [2.75, 3.05) is 5.32 Å². The second-order valence-corrected chi connectivity index (χ2v) is 6.23. The summed E-state index contributed by atoms with van der Waals surface area (Å²) in [5, 5.41) is 14.1. The van der Waals surface area contributed by atoms with Gasteiger partial charge in [0.2, 0.25) is 5.91 Å². The number of nitrogens with one attached hydrogen (secondary N) is 1. The minimum Gasteiger partial charge on any atom is -0.550 e. The summed E-state index contributed by atoms with van der Waals surface area (Å²) in [4.78, 5) is 23.7. The second-order valence-electron chi connectivity index (χ2n) is 5.32. The van der Waals surface area contributed by atoms with Crippen LogP contribution in [0.5, 0.6) is 0 Å². The van der Waals surface area contributed by atoms with Crippen molar-refractivity contribution in [2.45, 2.75) is 6.42 Å². The zero-order valence-electron chi connectivity index (χ0n) is 10.6. The first kappa shape index (κ1) is 13.4. The van der Waals surface area contributed by atoms with E-state index < -0.39 is 17.8 Å². The monoisotopic (exact) mass is 334 g/mol. The molecule has 1 aromatic rings. The molecule has 4 nitrogen and oxygen atoms in total. The zero-order valence-corrected chi connectivity index (χ0v) is 12.2. The summed E-state index contributed by atoms with van der Waals surface area (Å²) in [5.74, 6) is -2.67. The predicted molar refractivity (Wildman–Crippen MR) is 75.5 cm³/mol. The van der Waals surface area contributed by atoms with Gasteiger partial charge in [-0.3, -0.25) is 4.79 Å². The van der Waals surface area contributed by atoms with E-state index in [4.69, 9.17) is 0 Å². The second kappa shape index (κ2) is 5.05. The molecule has 0 aliphatic heterocycles. The van der Waals surface area contributed by atoms with Crippen molar-refractivity contribution in [3.05, 3.63) is 40.9 Å². The maximum atomic E-state index is 12.4. The van der Waals surface area contributed by atoms with Gasteiger partial charge in [0.05, 0.1) is 5.92 Å². The maximum Gasteiger partial charge on any atom is 0.228 e. The van der Waals surface area contributed by atoms with Crippen molar-refractivity contribution in [3.8, 4) is 0 Å². The number of rotatable bonds is 3. The third kappa shape index (κ3) is 2.26. The van der Waals surface area contributed by atoms with E-state index in [9.17, 15) is 14.7 Å². The number of benzene rings is 1. The normalized spacial score (nSPS) is 30.4. The Morgan fingerprint density at radius 2 is 1.90 bits per heavy atom. The van der Waals surface area contributed by atoms with Gasteiger partial charge in [-0.15, -0.1) is 0 Å². The quantitative estimate of drug-likeness (QED) is 0.853. The van der Waals surface area contributed by atoms with Crippen LogP contribution in [-0.2, 0) is 9.59 Å². The summed E-state index contributed by atoms with van der Waals surface area (Å²) in [6.45, 7) is 0. The van der Waals surface area contributed by atoms with Crippen molar-refractivity contribution < 1.29 is 14.7 Å². The molecular formula is C15H13BrNO3-. The smallest absolute Gasteiger partial charge is 0.228 e. The molecule has 2 aliphatic carbocycles. The molecule has 1 amide bonds. The van der Waals surface area contributed by atoms with Gasteiger partial charge in [0, 0.05) is 22.0 Å². The van der Waals surface area contributed by atoms with Gasteiger partial charge in [0.15, 0.2) is 0 Å². The summed E-state index contributed by atoms with van der Waals surface area (Å²) in [6.07, 6.45) is 4.58. The first-order valence-corrected chi connectivity index (χ1v) is 7.31. The number of carboxylic acids is 1. The highest BCUT2D eigenvalue weighted by molar-refractivity contribution is 9.10. The number of amides is 1. The fraction of sp³-hybridized carbons (Fsp3) is 0.333. The third-order valence-corrected chi connectivity index (χ3v) is 4.62. The molecule has 104 valence electrons. The Balaban J connectivity index is 1.80. The molecule has 1 saturated carbocycles. The average Bonchev–Trinajstić information content (AvgIpc) is 2.98. The van der Waals surface area contributed by atoms with Crippen LogP contribution in [0.3, 0.4) is 0 Å². The number of hydrogen-bond acceptors (Lipinski definition) is 3. The van der Waals surface area contributed by atoms with E-state index in [1.165, 1.54) is 0 Å². The number of carbonyl (C=O) groups excluding carboxylic acids is 2. The van der Waals surface area contributed by atoms with Gasteiger partial charge in [-0.1, -0.05) is 34.1 Å². The SMILES string of the molecule is O=C([O-])[C@H]1[C@H](C(=O)Nc2cccc(Br)c2)[C@H]2C=C[C@@H]1C2. The van der Waals surface area contributed by atoms with Crippen LogP contribution in [0.15, 0.2) is 40.9 Å². The van der Waals surface area contributed by atoms with Gasteiger partial charge in [-0.2, -0.15) is 0 Å². The number of carbonyl (C=O) groups is 2. The van der Waals surface area contributed by atoms with Crippen LogP contribution in [-0.4, -0.2) is 11.9 Å². The molecule has 2 aliphatic rings. The largest absolute Gasteiger partial charge is 0.550 e. The van der Waals surface area contributed by atoms with Gasteiger partial charge in [0.25, 0.3) is 0 Å². The molecule has 0 spiro atoms. The van der Waals surface area contributed by atoms with Crippen LogP contribution in [0.25, 0.3) is 0 Å². The van der Waals surface area contributed by atoms with Crippen LogP contribution >= 0.6 is 15.9 Å². The van der Waals surface area contributed by atoms with E-state index in [1.807, 2.05) is 24.3 Å². The summed E-state index contributed by atoms with van der Waals surface area (Å²) in [5.41, 5.74) is 0.660. The lowest BCUT2D eigenvalue weighted by atomic mass is 9.82. The molecule has 20 heavy (non-hydrogen) atoms. The Labute approximate surface area is 125 Å². The standard InChI is InChI=1S/C15H14BrNO3/c16-10-2-1-3-11(7-10)17-14(18)12-8-4-5-9(6-8)13(12)15(19)20/h1-5,7-9,12-13H,6H2,(H,17,18)(H,19,20)/p-1/t8-,9+,12+,13+/m0/s1. The molecule has 3 rings (SSSR count). The molecule has 4 atom stereocenters. The number of allylic oxidation sites excluding steroid dienone is 2. The lowest BCUT2D eigenvalue weighted by molar-refractivity contribution is -0.313. The summed E-state index contributed by atoms with van der Waals surface area (Å²) < 4.78 is 0.861. The van der Waals surface area contributed by atoms with Crippen molar-refractivity contribution in [1.29, 1.82) is 0 Å². The van der Waals surface area contributed by atoms with Gasteiger partial charge in [-0.05, 0) is 36.5 Å². The number of halogens is 1. The van der Waals surface area contributed by atoms with Crippen LogP contribution in [0.4, 0.5) is 5.69 Å². The van der Waals surface area contributed by atoms with E-state index in [2.05, 4.69) is 21.2 Å². The molecule has 5 heteroatoms. The van der Waals surface area contributed by atoms with Crippen molar-refractivity contribution in [3.63, 3.8) is 0 Å². The van der Waals surface area contributed by atoms with Crippen molar-refractivity contribution >= 4 is 33.5 Å². The van der Waals surface area contributed by atoms with E-state index >= 15 is 0 Å². The first-order valence-electron chi connectivity index (χ1n) is 6.52. The van der Waals surface area contributed by atoms with Gasteiger partial charge >= 0.3 is 0 Å². The van der Waals surface area contributed by atoms with Gasteiger partial charge in [0.1, 0.15) is 0 Å². The first-order chi connectivity index (χ1) is 9.56. The minimum absolute atomic E-state index is 0.00931. The number of anilines is 1. The highest BCUT2D eigenvalue weighted by Crippen LogP contribution is 2.48. The molecule has 0 saturated heterocycles. The molecule has 1 N–H and O–H groups in total. The van der Waals surface area contributed by atoms with Gasteiger partial charge < -0.3 is 15.2 Å². The lowest BCUT2D eigenvalue weighted by Gasteiger charge is -2.27. The summed E-state index contributed by atoms with van der Waals surface area (Å²) >= 11 is 3.34. The average molecular weight is 335 g/mol. The van der Waals surface area contributed by atoms with Crippen LogP contribution in [0.1, 0.15) is 6.42 Å². The molecule has 0 heterocycles.